The Labute approximate surface area is 140 Å². The van der Waals surface area contributed by atoms with Gasteiger partial charge in [-0.05, 0) is 32.4 Å². The molecule has 2 aromatic rings. The van der Waals surface area contributed by atoms with E-state index in [9.17, 15) is 9.18 Å². The first-order chi connectivity index (χ1) is 10.4. The summed E-state index contributed by atoms with van der Waals surface area (Å²) in [5.74, 6) is 0.0157. The van der Waals surface area contributed by atoms with Gasteiger partial charge in [-0.1, -0.05) is 17.3 Å². The highest BCUT2D eigenvalue weighted by Crippen LogP contribution is 2.21. The van der Waals surface area contributed by atoms with Gasteiger partial charge in [0.05, 0.1) is 0 Å². The highest BCUT2D eigenvalue weighted by atomic mass is 35.5. The molecule has 0 saturated heterocycles. The first-order valence-corrected chi connectivity index (χ1v) is 7.02. The van der Waals surface area contributed by atoms with E-state index >= 15 is 0 Å². The summed E-state index contributed by atoms with van der Waals surface area (Å²) in [5.41, 5.74) is 6.63. The van der Waals surface area contributed by atoms with Crippen molar-refractivity contribution < 1.29 is 13.7 Å². The van der Waals surface area contributed by atoms with E-state index < -0.39 is 6.04 Å². The zero-order chi connectivity index (χ0) is 16.3. The summed E-state index contributed by atoms with van der Waals surface area (Å²) in [5, 5.41) is 6.54. The van der Waals surface area contributed by atoms with Gasteiger partial charge in [0.25, 0.3) is 0 Å². The molecular formula is C15H20ClFN4O2. The fraction of sp³-hybridized carbons (Fsp3) is 0.400. The molecule has 2 rings (SSSR count). The molecule has 1 heterocycles. The molecule has 0 aliphatic carbocycles. The number of benzene rings is 1. The third kappa shape index (κ3) is 5.01. The van der Waals surface area contributed by atoms with Crippen molar-refractivity contribution in [3.05, 3.63) is 35.5 Å². The Morgan fingerprint density at radius 2 is 2.13 bits per heavy atom. The monoisotopic (exact) mass is 342 g/mol. The fourth-order valence-corrected chi connectivity index (χ4v) is 1.91. The van der Waals surface area contributed by atoms with Gasteiger partial charge in [0.15, 0.2) is 0 Å². The molecule has 0 bridgehead atoms. The van der Waals surface area contributed by atoms with Crippen LogP contribution in [0, 0.1) is 12.7 Å². The molecule has 2 unspecified atom stereocenters. The minimum Gasteiger partial charge on any atom is -0.345 e. The number of carbonyl (C=O) groups is 1. The van der Waals surface area contributed by atoms with Crippen molar-refractivity contribution >= 4 is 18.3 Å². The fourth-order valence-electron chi connectivity index (χ4n) is 1.91. The van der Waals surface area contributed by atoms with Crippen LogP contribution in [0.1, 0.15) is 37.8 Å². The lowest BCUT2D eigenvalue weighted by Gasteiger charge is -2.10. The lowest BCUT2D eigenvalue weighted by Crippen LogP contribution is -2.31. The molecule has 2 atom stereocenters. The molecule has 0 saturated carbocycles. The van der Waals surface area contributed by atoms with Crippen LogP contribution in [0.5, 0.6) is 0 Å². The lowest BCUT2D eigenvalue weighted by molar-refractivity contribution is -0.122. The quantitative estimate of drug-likeness (QED) is 0.870. The first kappa shape index (κ1) is 19.1. The smallest absolute Gasteiger partial charge is 0.249 e. The number of carbonyl (C=O) groups excluding carboxylic acids is 1. The van der Waals surface area contributed by atoms with E-state index in [1.807, 2.05) is 0 Å². The number of amides is 1. The third-order valence-corrected chi connectivity index (χ3v) is 3.13. The summed E-state index contributed by atoms with van der Waals surface area (Å²) in [7, 11) is 0. The van der Waals surface area contributed by atoms with Crippen molar-refractivity contribution in [2.45, 2.75) is 39.3 Å². The average molecular weight is 343 g/mol. The summed E-state index contributed by atoms with van der Waals surface area (Å²) in [4.78, 5) is 15.9. The molecule has 0 fully saturated rings. The maximum atomic E-state index is 13.6. The Bertz CT molecular complexity index is 675. The minimum absolute atomic E-state index is 0. The van der Waals surface area contributed by atoms with Gasteiger partial charge in [-0.15, -0.1) is 12.4 Å². The van der Waals surface area contributed by atoms with E-state index in [-0.39, 0.29) is 48.3 Å². The molecule has 6 nitrogen and oxygen atoms in total. The van der Waals surface area contributed by atoms with Gasteiger partial charge >= 0.3 is 0 Å². The number of nitrogens with one attached hydrogen (secondary N) is 1. The van der Waals surface area contributed by atoms with E-state index in [4.69, 9.17) is 10.3 Å². The molecule has 0 spiro atoms. The van der Waals surface area contributed by atoms with Gasteiger partial charge in [-0.3, -0.25) is 4.79 Å². The van der Waals surface area contributed by atoms with Crippen LogP contribution < -0.4 is 11.1 Å². The zero-order valence-corrected chi connectivity index (χ0v) is 14.0. The van der Waals surface area contributed by atoms with Crippen molar-refractivity contribution in [1.82, 2.24) is 15.5 Å². The van der Waals surface area contributed by atoms with Crippen LogP contribution in [-0.4, -0.2) is 22.1 Å². The molecule has 0 radical (unpaired) electrons. The van der Waals surface area contributed by atoms with Crippen LogP contribution in [0.2, 0.25) is 0 Å². The number of hydrogen-bond donors (Lipinski definition) is 2. The van der Waals surface area contributed by atoms with Gasteiger partial charge < -0.3 is 15.6 Å². The lowest BCUT2D eigenvalue weighted by atomic mass is 10.1. The summed E-state index contributed by atoms with van der Waals surface area (Å²) >= 11 is 0. The highest BCUT2D eigenvalue weighted by molar-refractivity contribution is 5.85. The number of aryl methyl sites for hydroxylation is 1. The molecule has 1 amide bonds. The van der Waals surface area contributed by atoms with Crippen LogP contribution in [-0.2, 0) is 4.79 Å². The predicted molar refractivity (Wildman–Crippen MR) is 86.5 cm³/mol. The molecule has 8 heteroatoms. The molecule has 1 aromatic carbocycles. The van der Waals surface area contributed by atoms with Crippen molar-refractivity contribution in [1.29, 1.82) is 0 Å². The topological polar surface area (TPSA) is 94.0 Å². The van der Waals surface area contributed by atoms with Crippen LogP contribution >= 0.6 is 12.4 Å². The molecule has 1 aromatic heterocycles. The Balaban J connectivity index is 0.00000264. The number of aromatic nitrogens is 2. The van der Waals surface area contributed by atoms with E-state index in [2.05, 4.69) is 15.5 Å². The highest BCUT2D eigenvalue weighted by Gasteiger charge is 2.18. The summed E-state index contributed by atoms with van der Waals surface area (Å²) in [6.45, 7) is 5.16. The van der Waals surface area contributed by atoms with Gasteiger partial charge in [0.2, 0.25) is 17.6 Å². The normalized spacial score (nSPS) is 13.1. The van der Waals surface area contributed by atoms with Crippen LogP contribution in [0.15, 0.2) is 22.7 Å². The van der Waals surface area contributed by atoms with E-state index in [1.165, 1.54) is 6.07 Å². The summed E-state index contributed by atoms with van der Waals surface area (Å²) < 4.78 is 18.7. The number of rotatable bonds is 5. The van der Waals surface area contributed by atoms with Crippen molar-refractivity contribution in [3.63, 3.8) is 0 Å². The first-order valence-electron chi connectivity index (χ1n) is 7.02. The second-order valence-corrected chi connectivity index (χ2v) is 5.39. The molecular weight excluding hydrogens is 323 g/mol. The second kappa shape index (κ2) is 8.03. The Morgan fingerprint density at radius 3 is 2.74 bits per heavy atom. The largest absolute Gasteiger partial charge is 0.345 e. The van der Waals surface area contributed by atoms with E-state index in [1.54, 1.807) is 32.9 Å². The molecule has 126 valence electrons. The minimum atomic E-state index is -0.442. The van der Waals surface area contributed by atoms with E-state index in [0.717, 1.165) is 0 Å². The summed E-state index contributed by atoms with van der Waals surface area (Å²) in [6.07, 6.45) is 0.217. The Kier molecular flexibility index (Phi) is 6.65. The SMILES string of the molecule is Cc1ccc(-c2noc(C(C)NC(=O)CC(C)N)n2)cc1F.Cl. The number of halogens is 2. The second-order valence-electron chi connectivity index (χ2n) is 5.39. The standard InChI is InChI=1S/C15H19FN4O2.ClH/c1-8-4-5-11(7-12(8)16)14-19-15(22-20-14)10(3)18-13(21)6-9(2)17;/h4-5,7,9-10H,6,17H2,1-3H3,(H,18,21);1H. The predicted octanol–water partition coefficient (Wildman–Crippen LogP) is 2.52. The molecule has 3 N–H and O–H groups in total. The molecule has 0 aliphatic heterocycles. The van der Waals surface area contributed by atoms with Gasteiger partial charge in [0, 0.05) is 18.0 Å². The van der Waals surface area contributed by atoms with Crippen molar-refractivity contribution in [3.8, 4) is 11.4 Å². The molecule has 23 heavy (non-hydrogen) atoms. The van der Waals surface area contributed by atoms with Crippen molar-refractivity contribution in [2.75, 3.05) is 0 Å². The maximum absolute atomic E-state index is 13.6. The molecule has 0 aliphatic rings. The van der Waals surface area contributed by atoms with Gasteiger partial charge in [-0.25, -0.2) is 4.39 Å². The van der Waals surface area contributed by atoms with Crippen LogP contribution in [0.25, 0.3) is 11.4 Å². The van der Waals surface area contributed by atoms with Crippen LogP contribution in [0.3, 0.4) is 0 Å². The average Bonchev–Trinajstić information content (AvgIpc) is 2.90. The number of hydrogen-bond acceptors (Lipinski definition) is 5. The zero-order valence-electron chi connectivity index (χ0n) is 13.2. The number of nitrogens with two attached hydrogens (primary N) is 1. The Hall–Kier alpha value is -1.99. The summed E-state index contributed by atoms with van der Waals surface area (Å²) in [6, 6.07) is 4.05. The Morgan fingerprint density at radius 1 is 1.43 bits per heavy atom. The maximum Gasteiger partial charge on any atom is 0.249 e. The third-order valence-electron chi connectivity index (χ3n) is 3.13. The van der Waals surface area contributed by atoms with Crippen molar-refractivity contribution in [2.24, 2.45) is 5.73 Å². The van der Waals surface area contributed by atoms with Gasteiger partial charge in [-0.2, -0.15) is 4.98 Å². The number of nitrogens with zero attached hydrogens (tertiary/aromatic N) is 2. The van der Waals surface area contributed by atoms with Crippen LogP contribution in [0.4, 0.5) is 4.39 Å². The van der Waals surface area contributed by atoms with E-state index in [0.29, 0.717) is 11.1 Å². The van der Waals surface area contributed by atoms with Gasteiger partial charge in [0.1, 0.15) is 11.9 Å².